The Morgan fingerprint density at radius 3 is 2.26 bits per heavy atom. The molecule has 1 aliphatic heterocycles. The van der Waals surface area contributed by atoms with E-state index in [-0.39, 0.29) is 12.5 Å². The Bertz CT molecular complexity index is 389. The number of unbranched alkanes of at least 4 members (excludes halogenated alkanes) is 5. The van der Waals surface area contributed by atoms with Crippen LogP contribution in [0.5, 0.6) is 0 Å². The lowest BCUT2D eigenvalue weighted by Gasteiger charge is -2.24. The van der Waals surface area contributed by atoms with E-state index in [1.807, 2.05) is 20.8 Å². The molecule has 1 saturated heterocycles. The molecule has 0 spiro atoms. The van der Waals surface area contributed by atoms with Crippen molar-refractivity contribution in [1.29, 1.82) is 0 Å². The molecule has 1 N–H and O–H groups in total. The van der Waals surface area contributed by atoms with Gasteiger partial charge in [0.15, 0.2) is 0 Å². The molecule has 1 amide bonds. The number of carbonyl (C=O) groups excluding carboxylic acids is 1. The molecular formula is C18H33NO4. The first-order valence-corrected chi connectivity index (χ1v) is 8.95. The van der Waals surface area contributed by atoms with Gasteiger partial charge in [-0.05, 0) is 33.1 Å². The van der Waals surface area contributed by atoms with Crippen molar-refractivity contribution >= 4 is 12.1 Å². The highest BCUT2D eigenvalue weighted by Crippen LogP contribution is 2.29. The van der Waals surface area contributed by atoms with Crippen molar-refractivity contribution in [2.24, 2.45) is 11.8 Å². The number of aliphatic carboxylic acids is 1. The summed E-state index contributed by atoms with van der Waals surface area (Å²) in [6, 6.07) is 0. The van der Waals surface area contributed by atoms with Crippen LogP contribution in [0.1, 0.15) is 72.6 Å². The maximum atomic E-state index is 12.1. The zero-order chi connectivity index (χ0) is 17.5. The van der Waals surface area contributed by atoms with Crippen molar-refractivity contribution in [1.82, 2.24) is 4.90 Å². The second kappa shape index (κ2) is 9.14. The lowest BCUT2D eigenvalue weighted by Crippen LogP contribution is -2.35. The summed E-state index contributed by atoms with van der Waals surface area (Å²) in [7, 11) is 0. The number of ether oxygens (including phenoxy) is 1. The molecule has 23 heavy (non-hydrogen) atoms. The van der Waals surface area contributed by atoms with Gasteiger partial charge >= 0.3 is 12.1 Å². The first-order chi connectivity index (χ1) is 10.7. The standard InChI is InChI=1S/C18H33NO4/c1-5-6-7-8-9-10-11-14-12-19(13-15(14)16(20)21)17(22)23-18(2,3)4/h14-15H,5-13H2,1-4H3,(H,20,21)/t14-,15-/m1/s1. The number of likely N-dealkylation sites (tertiary alicyclic amines) is 1. The van der Waals surface area contributed by atoms with Crippen molar-refractivity contribution in [2.75, 3.05) is 13.1 Å². The van der Waals surface area contributed by atoms with Crippen molar-refractivity contribution in [3.63, 3.8) is 0 Å². The molecule has 0 radical (unpaired) electrons. The molecule has 0 aromatic carbocycles. The Morgan fingerprint density at radius 1 is 1.09 bits per heavy atom. The van der Waals surface area contributed by atoms with Crippen molar-refractivity contribution in [3.05, 3.63) is 0 Å². The van der Waals surface area contributed by atoms with Gasteiger partial charge in [0, 0.05) is 13.1 Å². The van der Waals surface area contributed by atoms with E-state index in [0.717, 1.165) is 19.3 Å². The lowest BCUT2D eigenvalue weighted by molar-refractivity contribution is -0.142. The number of hydrogen-bond acceptors (Lipinski definition) is 3. The lowest BCUT2D eigenvalue weighted by atomic mass is 9.90. The molecule has 0 bridgehead atoms. The number of amides is 1. The van der Waals surface area contributed by atoms with Crippen LogP contribution in [-0.4, -0.2) is 40.8 Å². The Hall–Kier alpha value is -1.26. The second-order valence-electron chi connectivity index (χ2n) is 7.65. The van der Waals surface area contributed by atoms with Crippen LogP contribution in [0.15, 0.2) is 0 Å². The molecule has 1 aliphatic rings. The minimum Gasteiger partial charge on any atom is -0.481 e. The van der Waals surface area contributed by atoms with E-state index in [9.17, 15) is 14.7 Å². The summed E-state index contributed by atoms with van der Waals surface area (Å²) in [5, 5.41) is 9.41. The van der Waals surface area contributed by atoms with Gasteiger partial charge in [-0.1, -0.05) is 45.4 Å². The predicted octanol–water partition coefficient (Wildman–Crippen LogP) is 4.30. The second-order valence-corrected chi connectivity index (χ2v) is 7.65. The third-order valence-corrected chi connectivity index (χ3v) is 4.34. The highest BCUT2D eigenvalue weighted by atomic mass is 16.6. The summed E-state index contributed by atoms with van der Waals surface area (Å²) in [6.45, 7) is 8.43. The first kappa shape index (κ1) is 19.8. The molecule has 0 saturated carbocycles. The van der Waals surface area contributed by atoms with Crippen LogP contribution in [0.2, 0.25) is 0 Å². The van der Waals surface area contributed by atoms with Gasteiger partial charge in [-0.15, -0.1) is 0 Å². The van der Waals surface area contributed by atoms with E-state index in [0.29, 0.717) is 6.54 Å². The Balaban J connectivity index is 2.45. The molecule has 1 rings (SSSR count). The van der Waals surface area contributed by atoms with Crippen molar-refractivity contribution in [2.45, 2.75) is 78.2 Å². The SMILES string of the molecule is CCCCCCCC[C@@H]1CN(C(=O)OC(C)(C)C)C[C@H]1C(=O)O. The van der Waals surface area contributed by atoms with E-state index in [4.69, 9.17) is 4.74 Å². The van der Waals surface area contributed by atoms with E-state index in [2.05, 4.69) is 6.92 Å². The minimum absolute atomic E-state index is 0.0474. The van der Waals surface area contributed by atoms with Gasteiger partial charge in [-0.3, -0.25) is 4.79 Å². The molecule has 0 aromatic rings. The quantitative estimate of drug-likeness (QED) is 0.675. The average molecular weight is 327 g/mol. The van der Waals surface area contributed by atoms with Gasteiger partial charge < -0.3 is 14.7 Å². The summed E-state index contributed by atoms with van der Waals surface area (Å²) >= 11 is 0. The smallest absolute Gasteiger partial charge is 0.410 e. The number of carboxylic acid groups (broad SMARTS) is 1. The zero-order valence-corrected chi connectivity index (χ0v) is 15.1. The molecule has 5 nitrogen and oxygen atoms in total. The van der Waals surface area contributed by atoms with Gasteiger partial charge in [0.1, 0.15) is 5.60 Å². The number of nitrogens with zero attached hydrogens (tertiary/aromatic N) is 1. The minimum atomic E-state index is -0.799. The van der Waals surface area contributed by atoms with E-state index in [1.165, 1.54) is 25.7 Å². The summed E-state index contributed by atoms with van der Waals surface area (Å²) in [5.74, 6) is -1.21. The molecule has 2 atom stereocenters. The fourth-order valence-electron chi connectivity index (χ4n) is 3.11. The van der Waals surface area contributed by atoms with Crippen LogP contribution in [0, 0.1) is 11.8 Å². The van der Waals surface area contributed by atoms with Gasteiger partial charge in [-0.25, -0.2) is 4.79 Å². The Morgan fingerprint density at radius 2 is 1.70 bits per heavy atom. The summed E-state index contributed by atoms with van der Waals surface area (Å²) in [5.41, 5.74) is -0.548. The molecule has 1 fully saturated rings. The van der Waals surface area contributed by atoms with Crippen LogP contribution >= 0.6 is 0 Å². The fraction of sp³-hybridized carbons (Fsp3) is 0.889. The van der Waals surface area contributed by atoms with E-state index < -0.39 is 23.6 Å². The number of carbonyl (C=O) groups is 2. The third-order valence-electron chi connectivity index (χ3n) is 4.34. The normalized spacial score (nSPS) is 21.5. The van der Waals surface area contributed by atoms with Crippen LogP contribution in [-0.2, 0) is 9.53 Å². The van der Waals surface area contributed by atoms with Gasteiger partial charge in [0.25, 0.3) is 0 Å². The maximum Gasteiger partial charge on any atom is 0.410 e. The number of rotatable bonds is 8. The van der Waals surface area contributed by atoms with Crippen molar-refractivity contribution in [3.8, 4) is 0 Å². The van der Waals surface area contributed by atoms with Crippen molar-refractivity contribution < 1.29 is 19.4 Å². The molecule has 5 heteroatoms. The van der Waals surface area contributed by atoms with Gasteiger partial charge in [0.05, 0.1) is 5.92 Å². The molecule has 1 heterocycles. The van der Waals surface area contributed by atoms with E-state index >= 15 is 0 Å². The predicted molar refractivity (Wildman–Crippen MR) is 90.4 cm³/mol. The fourth-order valence-corrected chi connectivity index (χ4v) is 3.11. The number of hydrogen-bond donors (Lipinski definition) is 1. The number of carboxylic acids is 1. The monoisotopic (exact) mass is 327 g/mol. The van der Waals surface area contributed by atoms with Crippen LogP contribution in [0.3, 0.4) is 0 Å². The van der Waals surface area contributed by atoms with Crippen LogP contribution in [0.25, 0.3) is 0 Å². The molecule has 0 aliphatic carbocycles. The third kappa shape index (κ3) is 7.23. The zero-order valence-electron chi connectivity index (χ0n) is 15.1. The highest BCUT2D eigenvalue weighted by Gasteiger charge is 2.40. The molecule has 0 aromatic heterocycles. The van der Waals surface area contributed by atoms with Crippen LogP contribution < -0.4 is 0 Å². The van der Waals surface area contributed by atoms with Crippen LogP contribution in [0.4, 0.5) is 4.79 Å². The van der Waals surface area contributed by atoms with E-state index in [1.54, 1.807) is 4.90 Å². The summed E-state index contributed by atoms with van der Waals surface area (Å²) in [6.07, 6.45) is 7.65. The first-order valence-electron chi connectivity index (χ1n) is 8.95. The molecule has 0 unspecified atom stereocenters. The average Bonchev–Trinajstić information content (AvgIpc) is 2.85. The highest BCUT2D eigenvalue weighted by molar-refractivity contribution is 5.74. The Kier molecular flexibility index (Phi) is 7.86. The summed E-state index contributed by atoms with van der Waals surface area (Å²) < 4.78 is 5.36. The van der Waals surface area contributed by atoms with Gasteiger partial charge in [0.2, 0.25) is 0 Å². The largest absolute Gasteiger partial charge is 0.481 e. The topological polar surface area (TPSA) is 66.8 Å². The molecule has 134 valence electrons. The Labute approximate surface area is 140 Å². The maximum absolute atomic E-state index is 12.1. The molecular weight excluding hydrogens is 294 g/mol. The summed E-state index contributed by atoms with van der Waals surface area (Å²) in [4.78, 5) is 25.2. The van der Waals surface area contributed by atoms with Gasteiger partial charge in [-0.2, -0.15) is 0 Å².